The lowest BCUT2D eigenvalue weighted by atomic mass is 10.1. The molecule has 4 N–H and O–H groups in total. The zero-order valence-electron chi connectivity index (χ0n) is 11.7. The molecular weight excluding hydrogens is 294 g/mol. The van der Waals surface area contributed by atoms with Crippen molar-refractivity contribution in [3.8, 4) is 0 Å². The Morgan fingerprint density at radius 3 is 2.80 bits per heavy atom. The Morgan fingerprint density at radius 2 is 2.20 bits per heavy atom. The number of anilines is 1. The third-order valence-electron chi connectivity index (χ3n) is 2.95. The molecule has 1 atom stereocenters. The number of carbonyl (C=O) groups is 1. The Labute approximate surface area is 130 Å². The van der Waals surface area contributed by atoms with Crippen LogP contribution in [0.15, 0.2) is 18.2 Å². The Balaban J connectivity index is 2.57. The molecule has 0 fully saturated rings. The molecule has 6 heteroatoms. The van der Waals surface area contributed by atoms with Gasteiger partial charge in [-0.2, -0.15) is 0 Å². The predicted octanol–water partition coefficient (Wildman–Crippen LogP) is 2.69. The Morgan fingerprint density at radius 1 is 1.50 bits per heavy atom. The summed E-state index contributed by atoms with van der Waals surface area (Å²) in [6.45, 7) is 4.51. The van der Waals surface area contributed by atoms with Gasteiger partial charge in [-0.05, 0) is 25.5 Å². The number of halogens is 1. The number of thiocarbonyl (C=S) groups is 1. The summed E-state index contributed by atoms with van der Waals surface area (Å²) >= 11 is 11.1. The standard InChI is InChI=1S/C14H20ClN3OS/c1-3-9(2)18-12(19)7-8-17-11-6-4-5-10(15)13(11)14(16)20/h4-6,9,17H,3,7-8H2,1-2H3,(H2,16,20)(H,18,19). The summed E-state index contributed by atoms with van der Waals surface area (Å²) in [5, 5.41) is 6.56. The minimum atomic E-state index is 0.0192. The van der Waals surface area contributed by atoms with Crippen molar-refractivity contribution >= 4 is 40.4 Å². The van der Waals surface area contributed by atoms with Crippen LogP contribution in [0.3, 0.4) is 0 Å². The molecule has 1 unspecified atom stereocenters. The van der Waals surface area contributed by atoms with Crippen LogP contribution in [-0.2, 0) is 4.79 Å². The molecule has 0 radical (unpaired) electrons. The lowest BCUT2D eigenvalue weighted by Crippen LogP contribution is -2.33. The minimum Gasteiger partial charge on any atom is -0.389 e. The quantitative estimate of drug-likeness (QED) is 0.677. The molecule has 0 saturated carbocycles. The third-order valence-corrected chi connectivity index (χ3v) is 3.47. The lowest BCUT2D eigenvalue weighted by Gasteiger charge is -2.14. The maximum atomic E-state index is 11.7. The van der Waals surface area contributed by atoms with Gasteiger partial charge in [0, 0.05) is 24.7 Å². The molecule has 0 heterocycles. The van der Waals surface area contributed by atoms with Crippen molar-refractivity contribution in [3.63, 3.8) is 0 Å². The smallest absolute Gasteiger partial charge is 0.221 e. The van der Waals surface area contributed by atoms with Gasteiger partial charge < -0.3 is 16.4 Å². The van der Waals surface area contributed by atoms with E-state index in [1.165, 1.54) is 0 Å². The largest absolute Gasteiger partial charge is 0.389 e. The van der Waals surface area contributed by atoms with Gasteiger partial charge in [0.1, 0.15) is 4.99 Å². The topological polar surface area (TPSA) is 67.2 Å². The van der Waals surface area contributed by atoms with Crippen molar-refractivity contribution in [3.05, 3.63) is 28.8 Å². The lowest BCUT2D eigenvalue weighted by molar-refractivity contribution is -0.121. The number of carbonyl (C=O) groups excluding carboxylic acids is 1. The molecule has 110 valence electrons. The summed E-state index contributed by atoms with van der Waals surface area (Å²) in [5.41, 5.74) is 7.03. The first kappa shape index (κ1) is 16.7. The molecule has 0 aliphatic carbocycles. The average Bonchev–Trinajstić information content (AvgIpc) is 2.38. The summed E-state index contributed by atoms with van der Waals surface area (Å²) < 4.78 is 0. The number of rotatable bonds is 7. The van der Waals surface area contributed by atoms with E-state index in [0.717, 1.165) is 12.1 Å². The van der Waals surface area contributed by atoms with Gasteiger partial charge in [0.05, 0.1) is 10.6 Å². The molecular formula is C14H20ClN3OS. The maximum Gasteiger partial charge on any atom is 0.221 e. The van der Waals surface area contributed by atoms with E-state index in [1.807, 2.05) is 26.0 Å². The molecule has 0 bridgehead atoms. The van der Waals surface area contributed by atoms with Crippen molar-refractivity contribution in [2.75, 3.05) is 11.9 Å². The van der Waals surface area contributed by atoms with Crippen molar-refractivity contribution < 1.29 is 4.79 Å². The van der Waals surface area contributed by atoms with Gasteiger partial charge in [0.25, 0.3) is 0 Å². The van der Waals surface area contributed by atoms with Gasteiger partial charge in [-0.15, -0.1) is 0 Å². The molecule has 0 aliphatic rings. The van der Waals surface area contributed by atoms with Crippen LogP contribution < -0.4 is 16.4 Å². The van der Waals surface area contributed by atoms with Gasteiger partial charge in [-0.25, -0.2) is 0 Å². The first-order valence-electron chi connectivity index (χ1n) is 6.57. The maximum absolute atomic E-state index is 11.7. The van der Waals surface area contributed by atoms with E-state index in [9.17, 15) is 4.79 Å². The van der Waals surface area contributed by atoms with Gasteiger partial charge in [-0.1, -0.05) is 36.8 Å². The fraction of sp³-hybridized carbons (Fsp3) is 0.429. The molecule has 1 rings (SSSR count). The van der Waals surface area contributed by atoms with E-state index >= 15 is 0 Å². The molecule has 1 aromatic carbocycles. The third kappa shape index (κ3) is 4.98. The van der Waals surface area contributed by atoms with Crippen LogP contribution >= 0.6 is 23.8 Å². The number of nitrogens with one attached hydrogen (secondary N) is 2. The van der Waals surface area contributed by atoms with Gasteiger partial charge in [0.15, 0.2) is 0 Å². The number of hydrogen-bond donors (Lipinski definition) is 3. The zero-order chi connectivity index (χ0) is 15.1. The van der Waals surface area contributed by atoms with Crippen molar-refractivity contribution in [2.24, 2.45) is 5.73 Å². The highest BCUT2D eigenvalue weighted by Gasteiger charge is 2.10. The normalized spacial score (nSPS) is 11.8. The highest BCUT2D eigenvalue weighted by molar-refractivity contribution is 7.80. The molecule has 0 aromatic heterocycles. The monoisotopic (exact) mass is 313 g/mol. The molecule has 1 aromatic rings. The number of hydrogen-bond acceptors (Lipinski definition) is 3. The Bertz CT molecular complexity index is 493. The second kappa shape index (κ2) is 8.07. The first-order valence-corrected chi connectivity index (χ1v) is 7.35. The van der Waals surface area contributed by atoms with Crippen LogP contribution in [0, 0.1) is 0 Å². The Kier molecular flexibility index (Phi) is 6.75. The van der Waals surface area contributed by atoms with Crippen LogP contribution in [0.1, 0.15) is 32.3 Å². The number of benzene rings is 1. The molecule has 0 spiro atoms. The molecule has 0 saturated heterocycles. The van der Waals surface area contributed by atoms with Gasteiger partial charge in [0.2, 0.25) is 5.91 Å². The van der Waals surface area contributed by atoms with Crippen molar-refractivity contribution in [2.45, 2.75) is 32.7 Å². The highest BCUT2D eigenvalue weighted by Crippen LogP contribution is 2.24. The van der Waals surface area contributed by atoms with Crippen molar-refractivity contribution in [1.29, 1.82) is 0 Å². The van der Waals surface area contributed by atoms with E-state index in [2.05, 4.69) is 10.6 Å². The fourth-order valence-electron chi connectivity index (χ4n) is 1.68. The first-order chi connectivity index (χ1) is 9.45. The second-order valence-electron chi connectivity index (χ2n) is 4.58. The van der Waals surface area contributed by atoms with Gasteiger partial charge >= 0.3 is 0 Å². The second-order valence-corrected chi connectivity index (χ2v) is 5.43. The van der Waals surface area contributed by atoms with Crippen LogP contribution in [0.2, 0.25) is 5.02 Å². The van der Waals surface area contributed by atoms with E-state index in [0.29, 0.717) is 23.6 Å². The van der Waals surface area contributed by atoms with Crippen LogP contribution in [-0.4, -0.2) is 23.5 Å². The summed E-state index contributed by atoms with van der Waals surface area (Å²) in [7, 11) is 0. The number of amides is 1. The van der Waals surface area contributed by atoms with E-state index in [1.54, 1.807) is 6.07 Å². The molecule has 20 heavy (non-hydrogen) atoms. The molecule has 1 amide bonds. The minimum absolute atomic E-state index is 0.0192. The zero-order valence-corrected chi connectivity index (χ0v) is 13.3. The summed E-state index contributed by atoms with van der Waals surface area (Å²) in [6, 6.07) is 5.58. The SMILES string of the molecule is CCC(C)NC(=O)CCNc1cccc(Cl)c1C(N)=S. The molecule has 4 nitrogen and oxygen atoms in total. The fourth-order valence-corrected chi connectivity index (χ4v) is 2.23. The Hall–Kier alpha value is -1.33. The summed E-state index contributed by atoms with van der Waals surface area (Å²) in [4.78, 5) is 11.9. The van der Waals surface area contributed by atoms with Crippen molar-refractivity contribution in [1.82, 2.24) is 5.32 Å². The summed E-state index contributed by atoms with van der Waals surface area (Å²) in [5.74, 6) is 0.0192. The average molecular weight is 314 g/mol. The van der Waals surface area contributed by atoms with E-state index < -0.39 is 0 Å². The number of nitrogens with two attached hydrogens (primary N) is 1. The van der Waals surface area contributed by atoms with E-state index in [-0.39, 0.29) is 16.9 Å². The van der Waals surface area contributed by atoms with Crippen LogP contribution in [0.25, 0.3) is 0 Å². The van der Waals surface area contributed by atoms with Crippen LogP contribution in [0.4, 0.5) is 5.69 Å². The van der Waals surface area contributed by atoms with E-state index in [4.69, 9.17) is 29.6 Å². The summed E-state index contributed by atoms with van der Waals surface area (Å²) in [6.07, 6.45) is 1.30. The molecule has 0 aliphatic heterocycles. The highest BCUT2D eigenvalue weighted by atomic mass is 35.5. The predicted molar refractivity (Wildman–Crippen MR) is 88.3 cm³/mol. The van der Waals surface area contributed by atoms with Crippen LogP contribution in [0.5, 0.6) is 0 Å². The van der Waals surface area contributed by atoms with Gasteiger partial charge in [-0.3, -0.25) is 4.79 Å².